The van der Waals surface area contributed by atoms with Crippen molar-refractivity contribution in [3.8, 4) is 11.1 Å². The number of nitrogens with zero attached hydrogens (tertiary/aromatic N) is 2. The molecule has 0 unspecified atom stereocenters. The molecule has 110 valence electrons. The lowest BCUT2D eigenvalue weighted by Gasteiger charge is -2.11. The smallest absolute Gasteiger partial charge is 0.342 e. The number of aryl methyl sites for hydroxylation is 1. The zero-order chi connectivity index (χ0) is 15.6. The summed E-state index contributed by atoms with van der Waals surface area (Å²) in [6.45, 7) is 6.24. The van der Waals surface area contributed by atoms with Crippen molar-refractivity contribution in [3.05, 3.63) is 51.9 Å². The van der Waals surface area contributed by atoms with Crippen molar-refractivity contribution in [1.82, 2.24) is 9.78 Å². The van der Waals surface area contributed by atoms with E-state index in [0.29, 0.717) is 17.7 Å². The van der Waals surface area contributed by atoms with Gasteiger partial charge in [-0.05, 0) is 18.4 Å². The zero-order valence-electron chi connectivity index (χ0n) is 12.3. The van der Waals surface area contributed by atoms with E-state index in [9.17, 15) is 14.7 Å². The lowest BCUT2D eigenvalue weighted by Crippen LogP contribution is -2.30. The molecule has 0 atom stereocenters. The van der Waals surface area contributed by atoms with Crippen LogP contribution < -0.4 is 5.56 Å². The van der Waals surface area contributed by atoms with E-state index in [-0.39, 0.29) is 11.5 Å². The van der Waals surface area contributed by atoms with Crippen LogP contribution in [0, 0.1) is 12.8 Å². The summed E-state index contributed by atoms with van der Waals surface area (Å²) in [6, 6.07) is 7.34. The maximum Gasteiger partial charge on any atom is 0.342 e. The highest BCUT2D eigenvalue weighted by molar-refractivity contribution is 5.95. The van der Waals surface area contributed by atoms with Crippen molar-refractivity contribution in [2.45, 2.75) is 27.3 Å². The summed E-state index contributed by atoms with van der Waals surface area (Å²) in [6.07, 6.45) is 1.46. The van der Waals surface area contributed by atoms with E-state index in [1.54, 1.807) is 12.1 Å². The van der Waals surface area contributed by atoms with Gasteiger partial charge in [-0.3, -0.25) is 4.79 Å². The number of carboxylic acids is 1. The highest BCUT2D eigenvalue weighted by Gasteiger charge is 2.19. The van der Waals surface area contributed by atoms with Crippen LogP contribution in [0.3, 0.4) is 0 Å². The first-order valence-electron chi connectivity index (χ1n) is 6.80. The Kier molecular flexibility index (Phi) is 4.21. The van der Waals surface area contributed by atoms with Gasteiger partial charge in [0.05, 0.1) is 6.20 Å². The molecule has 0 radical (unpaired) electrons. The van der Waals surface area contributed by atoms with Gasteiger partial charge in [0, 0.05) is 12.1 Å². The maximum atomic E-state index is 12.3. The third kappa shape index (κ3) is 3.18. The van der Waals surface area contributed by atoms with Crippen LogP contribution in [0.15, 0.2) is 35.3 Å². The summed E-state index contributed by atoms with van der Waals surface area (Å²) < 4.78 is 1.21. The number of hydrogen-bond donors (Lipinski definition) is 1. The predicted octanol–water partition coefficient (Wildman–Crippen LogP) is 2.57. The van der Waals surface area contributed by atoms with Crippen molar-refractivity contribution in [2.24, 2.45) is 5.92 Å². The molecule has 2 aromatic rings. The molecule has 0 aliphatic heterocycles. The fourth-order valence-electron chi connectivity index (χ4n) is 2.12. The van der Waals surface area contributed by atoms with Crippen molar-refractivity contribution in [1.29, 1.82) is 0 Å². The Hall–Kier alpha value is -2.43. The number of aromatic carboxylic acids is 1. The van der Waals surface area contributed by atoms with Gasteiger partial charge in [-0.1, -0.05) is 43.7 Å². The van der Waals surface area contributed by atoms with Crippen LogP contribution in [-0.2, 0) is 6.54 Å². The van der Waals surface area contributed by atoms with Gasteiger partial charge in [-0.2, -0.15) is 5.10 Å². The zero-order valence-corrected chi connectivity index (χ0v) is 12.3. The first-order chi connectivity index (χ1) is 9.90. The molecule has 5 heteroatoms. The van der Waals surface area contributed by atoms with Crippen LogP contribution in [0.5, 0.6) is 0 Å². The highest BCUT2D eigenvalue weighted by Crippen LogP contribution is 2.21. The minimum Gasteiger partial charge on any atom is -0.477 e. The van der Waals surface area contributed by atoms with Gasteiger partial charge in [0.2, 0.25) is 0 Å². The van der Waals surface area contributed by atoms with Gasteiger partial charge in [-0.15, -0.1) is 0 Å². The Labute approximate surface area is 122 Å². The van der Waals surface area contributed by atoms with E-state index in [2.05, 4.69) is 5.10 Å². The second-order valence-corrected chi connectivity index (χ2v) is 5.49. The summed E-state index contributed by atoms with van der Waals surface area (Å²) >= 11 is 0. The van der Waals surface area contributed by atoms with Crippen LogP contribution in [0.1, 0.15) is 29.8 Å². The number of carbonyl (C=O) groups is 1. The number of rotatable bonds is 4. The normalized spacial score (nSPS) is 10.9. The molecule has 0 spiro atoms. The fraction of sp³-hybridized carbons (Fsp3) is 0.312. The standard InChI is InChI=1S/C16H18N2O3/c1-10(2)9-18-15(19)14(16(20)21)13(8-17-18)12-6-4-11(3)5-7-12/h4-8,10H,9H2,1-3H3,(H,20,21). The van der Waals surface area contributed by atoms with Gasteiger partial charge in [-0.25, -0.2) is 9.48 Å². The highest BCUT2D eigenvalue weighted by atomic mass is 16.4. The quantitative estimate of drug-likeness (QED) is 0.937. The van der Waals surface area contributed by atoms with Crippen LogP contribution >= 0.6 is 0 Å². The Balaban J connectivity index is 2.62. The fourth-order valence-corrected chi connectivity index (χ4v) is 2.12. The molecular formula is C16H18N2O3. The van der Waals surface area contributed by atoms with E-state index >= 15 is 0 Å². The average molecular weight is 286 g/mol. The Bertz CT molecular complexity index is 715. The maximum absolute atomic E-state index is 12.3. The number of hydrogen-bond acceptors (Lipinski definition) is 3. The van der Waals surface area contributed by atoms with Gasteiger partial charge in [0.15, 0.2) is 0 Å². The van der Waals surface area contributed by atoms with Crippen LogP contribution in [0.2, 0.25) is 0 Å². The monoisotopic (exact) mass is 286 g/mol. The molecule has 0 amide bonds. The molecule has 5 nitrogen and oxygen atoms in total. The molecule has 0 aliphatic carbocycles. The summed E-state index contributed by atoms with van der Waals surface area (Å²) in [7, 11) is 0. The summed E-state index contributed by atoms with van der Waals surface area (Å²) in [5.74, 6) is -1.02. The molecule has 0 saturated carbocycles. The van der Waals surface area contributed by atoms with E-state index in [1.807, 2.05) is 32.9 Å². The van der Waals surface area contributed by atoms with Crippen LogP contribution in [0.4, 0.5) is 0 Å². The van der Waals surface area contributed by atoms with E-state index in [1.165, 1.54) is 10.9 Å². The number of benzene rings is 1. The second kappa shape index (κ2) is 5.91. The molecule has 1 heterocycles. The summed E-state index contributed by atoms with van der Waals surface area (Å²) in [5, 5.41) is 13.5. The van der Waals surface area contributed by atoms with Crippen molar-refractivity contribution in [2.75, 3.05) is 0 Å². The Morgan fingerprint density at radius 1 is 1.29 bits per heavy atom. The van der Waals surface area contributed by atoms with Crippen LogP contribution in [0.25, 0.3) is 11.1 Å². The van der Waals surface area contributed by atoms with Gasteiger partial charge < -0.3 is 5.11 Å². The molecule has 0 fully saturated rings. The van der Waals surface area contributed by atoms with E-state index in [4.69, 9.17) is 0 Å². The lowest BCUT2D eigenvalue weighted by molar-refractivity contribution is 0.0694. The molecule has 1 aromatic carbocycles. The minimum atomic E-state index is -1.23. The molecule has 1 N–H and O–H groups in total. The van der Waals surface area contributed by atoms with Crippen LogP contribution in [-0.4, -0.2) is 20.9 Å². The first-order valence-corrected chi connectivity index (χ1v) is 6.80. The molecule has 0 aliphatic rings. The Morgan fingerprint density at radius 2 is 1.90 bits per heavy atom. The molecule has 0 bridgehead atoms. The van der Waals surface area contributed by atoms with E-state index in [0.717, 1.165) is 5.56 Å². The molecule has 2 rings (SSSR count). The third-order valence-corrected chi connectivity index (χ3v) is 3.16. The molecular weight excluding hydrogens is 268 g/mol. The Morgan fingerprint density at radius 3 is 2.43 bits per heavy atom. The topological polar surface area (TPSA) is 72.2 Å². The average Bonchev–Trinajstić information content (AvgIpc) is 2.41. The van der Waals surface area contributed by atoms with Gasteiger partial charge in [0.25, 0.3) is 5.56 Å². The largest absolute Gasteiger partial charge is 0.477 e. The first kappa shape index (κ1) is 15.0. The minimum absolute atomic E-state index is 0.210. The molecule has 21 heavy (non-hydrogen) atoms. The summed E-state index contributed by atoms with van der Waals surface area (Å²) in [4.78, 5) is 23.8. The SMILES string of the molecule is Cc1ccc(-c2cnn(CC(C)C)c(=O)c2C(=O)O)cc1. The molecule has 1 aromatic heterocycles. The van der Waals surface area contributed by atoms with Crippen molar-refractivity contribution in [3.63, 3.8) is 0 Å². The van der Waals surface area contributed by atoms with Crippen molar-refractivity contribution >= 4 is 5.97 Å². The van der Waals surface area contributed by atoms with Crippen molar-refractivity contribution < 1.29 is 9.90 Å². The number of aromatic nitrogens is 2. The summed E-state index contributed by atoms with van der Waals surface area (Å²) in [5.41, 5.74) is 1.31. The number of carboxylic acid groups (broad SMARTS) is 1. The van der Waals surface area contributed by atoms with Gasteiger partial charge in [0.1, 0.15) is 5.56 Å². The lowest BCUT2D eigenvalue weighted by atomic mass is 10.0. The third-order valence-electron chi connectivity index (χ3n) is 3.16. The molecule has 0 saturated heterocycles. The van der Waals surface area contributed by atoms with E-state index < -0.39 is 11.5 Å². The van der Waals surface area contributed by atoms with Gasteiger partial charge >= 0.3 is 5.97 Å². The second-order valence-electron chi connectivity index (χ2n) is 5.49. The predicted molar refractivity (Wildman–Crippen MR) is 80.5 cm³/mol.